The number of hydrogen-bond donors (Lipinski definition) is 1. The van der Waals surface area contributed by atoms with Crippen molar-refractivity contribution < 1.29 is 27.4 Å². The number of aromatic amines is 1. The van der Waals surface area contributed by atoms with Crippen LogP contribution in [0.2, 0.25) is 0 Å². The van der Waals surface area contributed by atoms with Crippen LogP contribution in [0, 0.1) is 0 Å². The van der Waals surface area contributed by atoms with E-state index in [-0.39, 0.29) is 17.3 Å². The topological polar surface area (TPSA) is 73.4 Å². The Morgan fingerprint density at radius 2 is 2.07 bits per heavy atom. The van der Waals surface area contributed by atoms with Crippen LogP contribution >= 0.6 is 11.8 Å². The Kier molecular flexibility index (Phi) is 6.84. The van der Waals surface area contributed by atoms with Crippen molar-refractivity contribution in [3.63, 3.8) is 0 Å². The molecule has 0 saturated carbocycles. The summed E-state index contributed by atoms with van der Waals surface area (Å²) in [5.74, 6) is 0.498. The summed E-state index contributed by atoms with van der Waals surface area (Å²) < 4.78 is 52.9. The summed E-state index contributed by atoms with van der Waals surface area (Å²) in [7, 11) is 0. The molecule has 152 valence electrons. The van der Waals surface area contributed by atoms with Gasteiger partial charge in [0.2, 0.25) is 5.75 Å². The monoisotopic (exact) mass is 416 g/mol. The number of halogens is 3. The first kappa shape index (κ1) is 20.5. The molecule has 1 aromatic carbocycles. The zero-order valence-electron chi connectivity index (χ0n) is 14.8. The van der Waals surface area contributed by atoms with Crippen LogP contribution < -0.4 is 15.0 Å². The van der Waals surface area contributed by atoms with Crippen molar-refractivity contribution in [1.29, 1.82) is 0 Å². The number of aromatic nitrogens is 2. The van der Waals surface area contributed by atoms with E-state index >= 15 is 0 Å². The molecular formula is C18H19F3N2O4S. The van der Waals surface area contributed by atoms with Gasteiger partial charge in [0.15, 0.2) is 18.1 Å². The van der Waals surface area contributed by atoms with Crippen LogP contribution in [0.1, 0.15) is 24.8 Å². The third kappa shape index (κ3) is 6.16. The number of benzene rings is 1. The molecule has 28 heavy (non-hydrogen) atoms. The normalized spacial score (nSPS) is 17.3. The van der Waals surface area contributed by atoms with Gasteiger partial charge in [0, 0.05) is 17.7 Å². The van der Waals surface area contributed by atoms with Crippen molar-refractivity contribution in [2.75, 3.05) is 13.2 Å². The molecule has 1 aliphatic rings. The van der Waals surface area contributed by atoms with Crippen molar-refractivity contribution in [2.24, 2.45) is 0 Å². The molecule has 0 bridgehead atoms. The molecule has 10 heteroatoms. The Bertz CT molecular complexity index is 838. The molecule has 1 atom stereocenters. The summed E-state index contributed by atoms with van der Waals surface area (Å²) >= 11 is 1.18. The maximum absolute atomic E-state index is 12.4. The SMILES string of the molecule is O=c1[nH]c(SCc2ccccc2OCC(F)(F)F)ncc1OC1CCCCO1. The van der Waals surface area contributed by atoms with E-state index in [9.17, 15) is 18.0 Å². The lowest BCUT2D eigenvalue weighted by molar-refractivity contribution is -0.153. The van der Waals surface area contributed by atoms with Crippen molar-refractivity contribution in [1.82, 2.24) is 9.97 Å². The van der Waals surface area contributed by atoms with Gasteiger partial charge in [-0.25, -0.2) is 4.98 Å². The summed E-state index contributed by atoms with van der Waals surface area (Å²) in [5.41, 5.74) is 0.128. The van der Waals surface area contributed by atoms with Gasteiger partial charge in [0.25, 0.3) is 5.56 Å². The van der Waals surface area contributed by atoms with Crippen molar-refractivity contribution in [3.05, 3.63) is 46.4 Å². The maximum atomic E-state index is 12.4. The van der Waals surface area contributed by atoms with E-state index in [4.69, 9.17) is 14.2 Å². The molecule has 6 nitrogen and oxygen atoms in total. The number of H-pyrrole nitrogens is 1. The molecule has 0 aliphatic carbocycles. The first-order valence-corrected chi connectivity index (χ1v) is 9.67. The van der Waals surface area contributed by atoms with Crippen LogP contribution in [0.5, 0.6) is 11.5 Å². The fourth-order valence-corrected chi connectivity index (χ4v) is 3.36. The average Bonchev–Trinajstić information content (AvgIpc) is 2.67. The Labute approximate surface area is 163 Å². The minimum absolute atomic E-state index is 0.0742. The van der Waals surface area contributed by atoms with Crippen LogP contribution in [-0.4, -0.2) is 35.6 Å². The first-order valence-electron chi connectivity index (χ1n) is 8.68. The number of thioether (sulfide) groups is 1. The minimum Gasteiger partial charge on any atom is -0.484 e. The van der Waals surface area contributed by atoms with Crippen LogP contribution in [0.4, 0.5) is 13.2 Å². The van der Waals surface area contributed by atoms with Gasteiger partial charge in [-0.3, -0.25) is 9.78 Å². The fraction of sp³-hybridized carbons (Fsp3) is 0.444. The lowest BCUT2D eigenvalue weighted by Gasteiger charge is -2.22. The third-order valence-corrected chi connectivity index (χ3v) is 4.80. The molecule has 1 unspecified atom stereocenters. The number of ether oxygens (including phenoxy) is 3. The Morgan fingerprint density at radius 1 is 1.25 bits per heavy atom. The van der Waals surface area contributed by atoms with E-state index < -0.39 is 24.6 Å². The molecule has 2 heterocycles. The number of para-hydroxylation sites is 1. The number of alkyl halides is 3. The zero-order valence-corrected chi connectivity index (χ0v) is 15.6. The first-order chi connectivity index (χ1) is 13.4. The molecule has 1 fully saturated rings. The van der Waals surface area contributed by atoms with Gasteiger partial charge >= 0.3 is 6.18 Å². The number of hydrogen-bond acceptors (Lipinski definition) is 6. The van der Waals surface area contributed by atoms with Crippen molar-refractivity contribution in [3.8, 4) is 11.5 Å². The summed E-state index contributed by atoms with van der Waals surface area (Å²) in [6.45, 7) is -0.765. The lowest BCUT2D eigenvalue weighted by Crippen LogP contribution is -2.27. The van der Waals surface area contributed by atoms with E-state index in [1.807, 2.05) is 0 Å². The number of rotatable bonds is 7. The molecule has 1 aromatic heterocycles. The van der Waals surface area contributed by atoms with Crippen LogP contribution in [-0.2, 0) is 10.5 Å². The van der Waals surface area contributed by atoms with Gasteiger partial charge in [0.1, 0.15) is 5.75 Å². The quantitative estimate of drug-likeness (QED) is 0.545. The Hall–Kier alpha value is -2.20. The van der Waals surface area contributed by atoms with Crippen LogP contribution in [0.15, 0.2) is 40.4 Å². The smallest absolute Gasteiger partial charge is 0.422 e. The third-order valence-electron chi connectivity index (χ3n) is 3.87. The average molecular weight is 416 g/mol. The van der Waals surface area contributed by atoms with E-state index in [2.05, 4.69) is 9.97 Å². The molecule has 0 amide bonds. The van der Waals surface area contributed by atoms with E-state index in [0.717, 1.165) is 12.8 Å². The van der Waals surface area contributed by atoms with E-state index in [1.54, 1.807) is 18.2 Å². The maximum Gasteiger partial charge on any atom is 0.422 e. The van der Waals surface area contributed by atoms with Crippen LogP contribution in [0.3, 0.4) is 0 Å². The second-order valence-corrected chi connectivity index (χ2v) is 7.06. The summed E-state index contributed by atoms with van der Waals surface area (Å²) in [5, 5.41) is 0.326. The van der Waals surface area contributed by atoms with Gasteiger partial charge in [0.05, 0.1) is 12.8 Å². The van der Waals surface area contributed by atoms with Gasteiger partial charge in [-0.05, 0) is 18.9 Å². The molecule has 2 aromatic rings. The Morgan fingerprint density at radius 3 is 2.79 bits per heavy atom. The highest BCUT2D eigenvalue weighted by Crippen LogP contribution is 2.27. The van der Waals surface area contributed by atoms with Crippen LogP contribution in [0.25, 0.3) is 0 Å². The predicted octanol–water partition coefficient (Wildman–Crippen LogP) is 3.91. The van der Waals surface area contributed by atoms with E-state index in [1.165, 1.54) is 24.0 Å². The summed E-state index contributed by atoms with van der Waals surface area (Å²) in [6.07, 6.45) is -0.883. The Balaban J connectivity index is 1.60. The highest BCUT2D eigenvalue weighted by atomic mass is 32.2. The standard InChI is InChI=1S/C18H19F3N2O4S/c19-18(20,21)11-26-13-6-2-1-5-12(13)10-28-17-22-9-14(16(24)23-17)27-15-7-3-4-8-25-15/h1-2,5-6,9,15H,3-4,7-8,10-11H2,(H,22,23,24). The zero-order chi connectivity index (χ0) is 20.0. The molecule has 0 radical (unpaired) electrons. The molecule has 1 aliphatic heterocycles. The molecule has 3 rings (SSSR count). The fourth-order valence-electron chi connectivity index (χ4n) is 2.54. The summed E-state index contributed by atoms with van der Waals surface area (Å²) in [6, 6.07) is 6.43. The minimum atomic E-state index is -4.41. The number of nitrogens with zero attached hydrogens (tertiary/aromatic N) is 1. The lowest BCUT2D eigenvalue weighted by atomic mass is 10.2. The highest BCUT2D eigenvalue weighted by molar-refractivity contribution is 7.98. The molecule has 1 N–H and O–H groups in total. The summed E-state index contributed by atoms with van der Waals surface area (Å²) in [4.78, 5) is 18.9. The van der Waals surface area contributed by atoms with Gasteiger partial charge < -0.3 is 14.2 Å². The molecule has 0 spiro atoms. The molecule has 1 saturated heterocycles. The largest absolute Gasteiger partial charge is 0.484 e. The van der Waals surface area contributed by atoms with Gasteiger partial charge in [-0.2, -0.15) is 13.2 Å². The number of nitrogens with one attached hydrogen (secondary N) is 1. The van der Waals surface area contributed by atoms with Gasteiger partial charge in [-0.15, -0.1) is 0 Å². The van der Waals surface area contributed by atoms with Crippen molar-refractivity contribution >= 4 is 11.8 Å². The predicted molar refractivity (Wildman–Crippen MR) is 96.6 cm³/mol. The van der Waals surface area contributed by atoms with Crippen molar-refractivity contribution in [2.45, 2.75) is 42.6 Å². The second-order valence-electron chi connectivity index (χ2n) is 6.10. The van der Waals surface area contributed by atoms with Gasteiger partial charge in [-0.1, -0.05) is 30.0 Å². The molecular weight excluding hydrogens is 397 g/mol. The van der Waals surface area contributed by atoms with E-state index in [0.29, 0.717) is 23.7 Å². The highest BCUT2D eigenvalue weighted by Gasteiger charge is 2.28. The second kappa shape index (κ2) is 9.33.